The Morgan fingerprint density at radius 2 is 1.97 bits per heavy atom. The third-order valence-corrected chi connectivity index (χ3v) is 5.45. The number of aryl methyl sites for hydroxylation is 2. The summed E-state index contributed by atoms with van der Waals surface area (Å²) in [6, 6.07) is 9.76. The van der Waals surface area contributed by atoms with E-state index in [0.717, 1.165) is 23.5 Å². The van der Waals surface area contributed by atoms with E-state index in [-0.39, 0.29) is 11.7 Å². The zero-order valence-corrected chi connectivity index (χ0v) is 16.7. The molecule has 0 aliphatic heterocycles. The number of thiazole rings is 1. The number of nitrogens with zero attached hydrogens (tertiary/aromatic N) is 4. The monoisotopic (exact) mass is 409 g/mol. The van der Waals surface area contributed by atoms with Crippen LogP contribution in [-0.2, 0) is 6.42 Å². The Labute approximate surface area is 171 Å². The van der Waals surface area contributed by atoms with Crippen molar-refractivity contribution in [1.82, 2.24) is 24.6 Å². The number of hydrogen-bond donors (Lipinski definition) is 1. The zero-order valence-electron chi connectivity index (χ0n) is 15.9. The van der Waals surface area contributed by atoms with Crippen LogP contribution in [0.2, 0.25) is 0 Å². The van der Waals surface area contributed by atoms with Crippen LogP contribution in [0.5, 0.6) is 0 Å². The molecule has 3 aromatic heterocycles. The molecule has 4 aromatic rings. The molecule has 3 heterocycles. The lowest BCUT2D eigenvalue weighted by molar-refractivity contribution is 0.0953. The molecule has 0 radical (unpaired) electrons. The van der Waals surface area contributed by atoms with Gasteiger partial charge in [0, 0.05) is 36.4 Å². The van der Waals surface area contributed by atoms with E-state index < -0.39 is 0 Å². The van der Waals surface area contributed by atoms with Crippen molar-refractivity contribution in [2.45, 2.75) is 19.8 Å². The molecule has 8 heteroatoms. The highest BCUT2D eigenvalue weighted by molar-refractivity contribution is 7.09. The quantitative estimate of drug-likeness (QED) is 0.471. The minimum atomic E-state index is -0.322. The van der Waals surface area contributed by atoms with E-state index in [4.69, 9.17) is 0 Å². The SMILES string of the molecule is Cc1csc(CCCNC(=O)c2cnn(-c3ccc(F)cc3)c2-n2cccc2)n1. The molecule has 0 bridgehead atoms. The largest absolute Gasteiger partial charge is 0.352 e. The van der Waals surface area contributed by atoms with Gasteiger partial charge in [0.15, 0.2) is 5.82 Å². The Balaban J connectivity index is 1.52. The molecular formula is C21H20FN5OS. The van der Waals surface area contributed by atoms with Gasteiger partial charge >= 0.3 is 0 Å². The molecule has 0 fully saturated rings. The molecule has 0 aliphatic carbocycles. The van der Waals surface area contributed by atoms with E-state index in [0.29, 0.717) is 23.6 Å². The van der Waals surface area contributed by atoms with Crippen LogP contribution in [0.1, 0.15) is 27.5 Å². The van der Waals surface area contributed by atoms with Crippen LogP contribution >= 0.6 is 11.3 Å². The summed E-state index contributed by atoms with van der Waals surface area (Å²) in [6.45, 7) is 2.52. The fraction of sp³-hybridized carbons (Fsp3) is 0.190. The molecule has 1 N–H and O–H groups in total. The summed E-state index contributed by atoms with van der Waals surface area (Å²) >= 11 is 1.64. The molecule has 4 rings (SSSR count). The van der Waals surface area contributed by atoms with Crippen molar-refractivity contribution < 1.29 is 9.18 Å². The Morgan fingerprint density at radius 1 is 1.21 bits per heavy atom. The number of carbonyl (C=O) groups is 1. The van der Waals surface area contributed by atoms with Crippen LogP contribution in [0.4, 0.5) is 4.39 Å². The molecule has 0 saturated heterocycles. The lowest BCUT2D eigenvalue weighted by atomic mass is 10.2. The van der Waals surface area contributed by atoms with Crippen LogP contribution < -0.4 is 5.32 Å². The maximum absolute atomic E-state index is 13.3. The predicted octanol–water partition coefficient (Wildman–Crippen LogP) is 3.93. The summed E-state index contributed by atoms with van der Waals surface area (Å²) in [7, 11) is 0. The minimum Gasteiger partial charge on any atom is -0.352 e. The first-order valence-electron chi connectivity index (χ1n) is 9.28. The standard InChI is InChI=1S/C21H20FN5OS/c1-15-14-29-19(25-15)5-4-10-23-20(28)18-13-24-27(17-8-6-16(22)7-9-17)21(18)26-11-2-3-12-26/h2-3,6-9,11-14H,4-5,10H2,1H3,(H,23,28). The second-order valence-corrected chi connectivity index (χ2v) is 7.55. The molecule has 0 aliphatic rings. The van der Waals surface area contributed by atoms with Crippen LogP contribution in [0.25, 0.3) is 11.5 Å². The van der Waals surface area contributed by atoms with Crippen LogP contribution in [0.15, 0.2) is 60.4 Å². The number of hydrogen-bond acceptors (Lipinski definition) is 4. The van der Waals surface area contributed by atoms with Crippen molar-refractivity contribution in [1.29, 1.82) is 0 Å². The van der Waals surface area contributed by atoms with Gasteiger partial charge in [-0.15, -0.1) is 11.3 Å². The summed E-state index contributed by atoms with van der Waals surface area (Å²) in [4.78, 5) is 17.3. The summed E-state index contributed by atoms with van der Waals surface area (Å²) < 4.78 is 16.8. The minimum absolute atomic E-state index is 0.197. The van der Waals surface area contributed by atoms with Gasteiger partial charge in [0.25, 0.3) is 5.91 Å². The number of amides is 1. The number of halogens is 1. The van der Waals surface area contributed by atoms with Gasteiger partial charge in [-0.25, -0.2) is 14.1 Å². The molecule has 148 valence electrons. The van der Waals surface area contributed by atoms with Gasteiger partial charge in [0.1, 0.15) is 11.4 Å². The maximum Gasteiger partial charge on any atom is 0.256 e. The first kappa shape index (κ1) is 19.1. The van der Waals surface area contributed by atoms with E-state index >= 15 is 0 Å². The van der Waals surface area contributed by atoms with E-state index in [9.17, 15) is 9.18 Å². The summed E-state index contributed by atoms with van der Waals surface area (Å²) in [5.74, 6) is 0.0869. The number of nitrogens with one attached hydrogen (secondary N) is 1. The lowest BCUT2D eigenvalue weighted by Gasteiger charge is -2.11. The fourth-order valence-corrected chi connectivity index (χ4v) is 3.87. The van der Waals surface area contributed by atoms with Crippen molar-refractivity contribution in [2.75, 3.05) is 6.54 Å². The van der Waals surface area contributed by atoms with Crippen LogP contribution in [0.3, 0.4) is 0 Å². The smallest absolute Gasteiger partial charge is 0.256 e. The van der Waals surface area contributed by atoms with Crippen LogP contribution in [0, 0.1) is 12.7 Å². The van der Waals surface area contributed by atoms with Gasteiger partial charge < -0.3 is 9.88 Å². The average Bonchev–Trinajstić information content (AvgIpc) is 3.46. The van der Waals surface area contributed by atoms with Gasteiger partial charge in [0.2, 0.25) is 0 Å². The highest BCUT2D eigenvalue weighted by Crippen LogP contribution is 2.20. The molecule has 0 atom stereocenters. The van der Waals surface area contributed by atoms with E-state index in [1.54, 1.807) is 28.2 Å². The molecule has 0 spiro atoms. The van der Waals surface area contributed by atoms with Gasteiger partial charge in [-0.3, -0.25) is 4.79 Å². The van der Waals surface area contributed by atoms with E-state index in [2.05, 4.69) is 15.4 Å². The zero-order chi connectivity index (χ0) is 20.2. The molecule has 0 unspecified atom stereocenters. The third-order valence-electron chi connectivity index (χ3n) is 4.43. The molecule has 29 heavy (non-hydrogen) atoms. The number of carbonyl (C=O) groups excluding carboxylic acids is 1. The predicted molar refractivity (Wildman–Crippen MR) is 110 cm³/mol. The van der Waals surface area contributed by atoms with Gasteiger partial charge in [0.05, 0.1) is 16.9 Å². The number of aromatic nitrogens is 4. The Hall–Kier alpha value is -3.26. The van der Waals surface area contributed by atoms with Crippen molar-refractivity contribution in [3.63, 3.8) is 0 Å². The van der Waals surface area contributed by atoms with Gasteiger partial charge in [-0.2, -0.15) is 5.10 Å². The van der Waals surface area contributed by atoms with Gasteiger partial charge in [-0.05, 0) is 49.7 Å². The second-order valence-electron chi connectivity index (χ2n) is 6.60. The normalized spacial score (nSPS) is 11.0. The number of benzene rings is 1. The Bertz CT molecular complexity index is 1100. The average molecular weight is 409 g/mol. The second kappa shape index (κ2) is 8.40. The molecule has 1 aromatic carbocycles. The summed E-state index contributed by atoms with van der Waals surface area (Å²) in [5, 5.41) is 10.4. The maximum atomic E-state index is 13.3. The van der Waals surface area contributed by atoms with Crippen molar-refractivity contribution in [3.8, 4) is 11.5 Å². The van der Waals surface area contributed by atoms with Crippen molar-refractivity contribution in [3.05, 3.63) is 82.5 Å². The van der Waals surface area contributed by atoms with Crippen LogP contribution in [-0.4, -0.2) is 31.8 Å². The molecule has 0 saturated carbocycles. The van der Waals surface area contributed by atoms with Crippen molar-refractivity contribution >= 4 is 17.2 Å². The first-order chi connectivity index (χ1) is 14.1. The Kier molecular flexibility index (Phi) is 5.53. The number of rotatable bonds is 7. The van der Waals surface area contributed by atoms with Gasteiger partial charge in [-0.1, -0.05) is 0 Å². The van der Waals surface area contributed by atoms with E-state index in [1.807, 2.05) is 41.4 Å². The summed E-state index contributed by atoms with van der Waals surface area (Å²) in [6.07, 6.45) is 6.87. The van der Waals surface area contributed by atoms with Crippen molar-refractivity contribution in [2.24, 2.45) is 0 Å². The molecule has 1 amide bonds. The summed E-state index contributed by atoms with van der Waals surface area (Å²) in [5.41, 5.74) is 2.16. The first-order valence-corrected chi connectivity index (χ1v) is 10.2. The highest BCUT2D eigenvalue weighted by atomic mass is 32.1. The molecule has 6 nitrogen and oxygen atoms in total. The highest BCUT2D eigenvalue weighted by Gasteiger charge is 2.19. The van der Waals surface area contributed by atoms with E-state index in [1.165, 1.54) is 18.3 Å². The third kappa shape index (κ3) is 4.27. The topological polar surface area (TPSA) is 64.7 Å². The lowest BCUT2D eigenvalue weighted by Crippen LogP contribution is -2.25. The molecular weight excluding hydrogens is 389 g/mol. The Morgan fingerprint density at radius 3 is 2.66 bits per heavy atom. The fourth-order valence-electron chi connectivity index (χ4n) is 3.05.